The van der Waals surface area contributed by atoms with E-state index in [1.54, 1.807) is 29.2 Å². The number of carbonyl (C=O) groups excluding carboxylic acids is 3. The molecule has 148 valence electrons. The van der Waals surface area contributed by atoms with E-state index in [0.29, 0.717) is 49.4 Å². The first-order valence-corrected chi connectivity index (χ1v) is 9.33. The van der Waals surface area contributed by atoms with Crippen LogP contribution in [0.3, 0.4) is 0 Å². The smallest absolute Gasteiger partial charge is 0.543 e. The number of morpholine rings is 1. The van der Waals surface area contributed by atoms with Crippen molar-refractivity contribution in [2.45, 2.75) is 25.5 Å². The van der Waals surface area contributed by atoms with E-state index >= 15 is 0 Å². The first-order valence-electron chi connectivity index (χ1n) is 9.33. The minimum absolute atomic E-state index is 0. The molecule has 0 aromatic heterocycles. The van der Waals surface area contributed by atoms with Gasteiger partial charge in [-0.25, -0.2) is 0 Å². The van der Waals surface area contributed by atoms with Crippen LogP contribution in [0, 0.1) is 5.92 Å². The molecule has 3 atom stereocenters. The van der Waals surface area contributed by atoms with Gasteiger partial charge in [-0.05, 0) is 36.6 Å². The molecule has 8 nitrogen and oxygen atoms in total. The Labute approximate surface area is 190 Å². The van der Waals surface area contributed by atoms with Gasteiger partial charge in [0.2, 0.25) is 5.91 Å². The zero-order valence-electron chi connectivity index (χ0n) is 16.5. The van der Waals surface area contributed by atoms with Gasteiger partial charge in [0.1, 0.15) is 0 Å². The summed E-state index contributed by atoms with van der Waals surface area (Å²) in [6, 6.07) is 6.38. The predicted molar refractivity (Wildman–Crippen MR) is 95.5 cm³/mol. The first kappa shape index (κ1) is 22.0. The minimum atomic E-state index is -1.43. The molecule has 2 saturated heterocycles. The summed E-state index contributed by atoms with van der Waals surface area (Å²) < 4.78 is 5.27. The predicted octanol–water partition coefficient (Wildman–Crippen LogP) is -3.76. The maximum atomic E-state index is 12.7. The Hall–Kier alpha value is -1.71. The van der Waals surface area contributed by atoms with E-state index in [0.717, 1.165) is 0 Å². The number of aliphatic hydroxyl groups excluding tert-OH is 1. The summed E-state index contributed by atoms with van der Waals surface area (Å²) in [7, 11) is 0. The number of aliphatic hydroxyl groups is 1. The molecule has 4 rings (SSSR count). The van der Waals surface area contributed by atoms with Crippen LogP contribution in [-0.4, -0.2) is 71.1 Å². The minimum Gasteiger partial charge on any atom is -0.543 e. The van der Waals surface area contributed by atoms with Gasteiger partial charge in [-0.3, -0.25) is 9.59 Å². The van der Waals surface area contributed by atoms with Crippen molar-refractivity contribution in [3.8, 4) is 0 Å². The Morgan fingerprint density at radius 3 is 2.59 bits per heavy atom. The monoisotopic (exact) mass is 408 g/mol. The van der Waals surface area contributed by atoms with Gasteiger partial charge in [0, 0.05) is 18.7 Å². The number of fused-ring (bicyclic) bond motifs is 1. The summed E-state index contributed by atoms with van der Waals surface area (Å²) in [6.07, 6.45) is -0.551. The summed E-state index contributed by atoms with van der Waals surface area (Å²) in [4.78, 5) is 39.7. The molecule has 0 saturated carbocycles. The standard InChI is InChI=1S/C20H22N2O6.Na/c1-11(23)16-15-10-14(17(20(26)27)22(15)19(16)25)12-3-2-4-13(9-12)18(24)21-5-7-28-8-6-21;/h2-4,9,11,15-16,23H,5-8,10H2,1H3,(H,26,27);/q;+1/p-1. The largest absolute Gasteiger partial charge is 1.00 e. The van der Waals surface area contributed by atoms with Crippen molar-refractivity contribution in [2.24, 2.45) is 5.92 Å². The molecule has 3 heterocycles. The van der Waals surface area contributed by atoms with E-state index in [1.807, 2.05) is 0 Å². The maximum Gasteiger partial charge on any atom is 1.00 e. The summed E-state index contributed by atoms with van der Waals surface area (Å²) in [5.74, 6) is -2.60. The normalized spacial score (nSPS) is 24.6. The number of β-lactam (4-membered cyclic amide) rings is 1. The summed E-state index contributed by atoms with van der Waals surface area (Å²) in [5.41, 5.74) is 1.32. The molecule has 0 spiro atoms. The second-order valence-corrected chi connectivity index (χ2v) is 7.35. The van der Waals surface area contributed by atoms with Crippen LogP contribution in [0.1, 0.15) is 29.3 Å². The molecule has 1 N–H and O–H groups in total. The number of amides is 2. The van der Waals surface area contributed by atoms with E-state index < -0.39 is 29.9 Å². The number of rotatable bonds is 4. The number of ether oxygens (including phenoxy) is 1. The SMILES string of the molecule is CC(O)C1C(=O)N2C(C(=O)[O-])=C(c3cccc(C(=O)N4CCOCC4)c3)CC12.[Na+]. The van der Waals surface area contributed by atoms with Gasteiger partial charge < -0.3 is 29.5 Å². The zero-order chi connectivity index (χ0) is 20.0. The Bertz CT molecular complexity index is 877. The molecular formula is C20H21N2NaO6. The van der Waals surface area contributed by atoms with E-state index in [2.05, 4.69) is 0 Å². The van der Waals surface area contributed by atoms with E-state index in [-0.39, 0.29) is 41.2 Å². The van der Waals surface area contributed by atoms with Crippen molar-refractivity contribution < 1.29 is 58.9 Å². The number of hydrogen-bond acceptors (Lipinski definition) is 6. The fraction of sp³-hybridized carbons (Fsp3) is 0.450. The van der Waals surface area contributed by atoms with E-state index in [1.165, 1.54) is 11.8 Å². The summed E-state index contributed by atoms with van der Waals surface area (Å²) >= 11 is 0. The average molecular weight is 408 g/mol. The fourth-order valence-electron chi connectivity index (χ4n) is 4.31. The molecule has 1 aromatic rings. The average Bonchev–Trinajstić information content (AvgIpc) is 3.03. The summed E-state index contributed by atoms with van der Waals surface area (Å²) in [5, 5.41) is 21.6. The molecule has 1 aromatic carbocycles. The number of carboxylic acids is 1. The molecule has 2 fully saturated rings. The van der Waals surface area contributed by atoms with Gasteiger partial charge in [0.25, 0.3) is 5.91 Å². The second-order valence-electron chi connectivity index (χ2n) is 7.35. The van der Waals surface area contributed by atoms with Gasteiger partial charge in [-0.15, -0.1) is 0 Å². The molecule has 0 aliphatic carbocycles. The van der Waals surface area contributed by atoms with Crippen LogP contribution >= 0.6 is 0 Å². The number of carboxylic acid groups (broad SMARTS) is 1. The quantitative estimate of drug-likeness (QED) is 0.405. The maximum absolute atomic E-state index is 12.7. The third-order valence-electron chi connectivity index (χ3n) is 5.68. The van der Waals surface area contributed by atoms with Crippen LogP contribution < -0.4 is 34.7 Å². The third-order valence-corrected chi connectivity index (χ3v) is 5.68. The van der Waals surface area contributed by atoms with Crippen molar-refractivity contribution in [3.05, 3.63) is 41.1 Å². The Morgan fingerprint density at radius 2 is 1.97 bits per heavy atom. The van der Waals surface area contributed by atoms with Gasteiger partial charge in [-0.1, -0.05) is 12.1 Å². The van der Waals surface area contributed by atoms with Crippen molar-refractivity contribution in [3.63, 3.8) is 0 Å². The van der Waals surface area contributed by atoms with Crippen LogP contribution in [0.15, 0.2) is 30.0 Å². The topological polar surface area (TPSA) is 110 Å². The number of hydrogen-bond donors (Lipinski definition) is 1. The first-order chi connectivity index (χ1) is 13.4. The van der Waals surface area contributed by atoms with Crippen LogP contribution in [-0.2, 0) is 14.3 Å². The van der Waals surface area contributed by atoms with Gasteiger partial charge in [0.05, 0.1) is 42.9 Å². The van der Waals surface area contributed by atoms with Gasteiger partial charge in [0.15, 0.2) is 0 Å². The van der Waals surface area contributed by atoms with Crippen molar-refractivity contribution in [1.82, 2.24) is 9.80 Å². The van der Waals surface area contributed by atoms with E-state index in [4.69, 9.17) is 4.74 Å². The Balaban J connectivity index is 0.00000240. The van der Waals surface area contributed by atoms with Crippen LogP contribution in [0.25, 0.3) is 5.57 Å². The number of nitrogens with zero attached hydrogens (tertiary/aromatic N) is 2. The molecule has 3 aliphatic heterocycles. The number of benzene rings is 1. The molecule has 3 unspecified atom stereocenters. The summed E-state index contributed by atoms with van der Waals surface area (Å²) in [6.45, 7) is 3.53. The molecule has 3 aliphatic rings. The van der Waals surface area contributed by atoms with Gasteiger partial charge in [-0.2, -0.15) is 0 Å². The van der Waals surface area contributed by atoms with E-state index in [9.17, 15) is 24.6 Å². The van der Waals surface area contributed by atoms with Crippen LogP contribution in [0.2, 0.25) is 0 Å². The molecule has 2 amide bonds. The van der Waals surface area contributed by atoms with Crippen molar-refractivity contribution in [1.29, 1.82) is 0 Å². The Morgan fingerprint density at radius 1 is 1.28 bits per heavy atom. The van der Waals surface area contributed by atoms with Crippen molar-refractivity contribution >= 4 is 23.4 Å². The van der Waals surface area contributed by atoms with Crippen molar-refractivity contribution in [2.75, 3.05) is 26.3 Å². The fourth-order valence-corrected chi connectivity index (χ4v) is 4.31. The third kappa shape index (κ3) is 3.75. The second kappa shape index (κ2) is 8.57. The Kier molecular flexibility index (Phi) is 6.50. The van der Waals surface area contributed by atoms with Crippen LogP contribution in [0.5, 0.6) is 0 Å². The molecule has 9 heteroatoms. The number of aliphatic carboxylic acids is 1. The molecular weight excluding hydrogens is 387 g/mol. The zero-order valence-corrected chi connectivity index (χ0v) is 18.5. The molecule has 0 bridgehead atoms. The van der Waals surface area contributed by atoms with Crippen LogP contribution in [0.4, 0.5) is 0 Å². The molecule has 29 heavy (non-hydrogen) atoms. The number of carbonyl (C=O) groups is 3. The van der Waals surface area contributed by atoms with Gasteiger partial charge >= 0.3 is 29.6 Å². The molecule has 0 radical (unpaired) electrons.